The van der Waals surface area contributed by atoms with Crippen molar-refractivity contribution in [2.75, 3.05) is 19.6 Å². The second kappa shape index (κ2) is 10.3. The fraction of sp³-hybridized carbons (Fsp3) is 0.478. The van der Waals surface area contributed by atoms with Gasteiger partial charge in [-0.05, 0) is 49.8 Å². The number of carboxylic acids is 1. The van der Waals surface area contributed by atoms with Gasteiger partial charge in [0.15, 0.2) is 0 Å². The van der Waals surface area contributed by atoms with Gasteiger partial charge in [-0.15, -0.1) is 11.3 Å². The summed E-state index contributed by atoms with van der Waals surface area (Å²) in [6.45, 7) is 1.09. The van der Waals surface area contributed by atoms with Gasteiger partial charge in [-0.1, -0.05) is 6.07 Å². The van der Waals surface area contributed by atoms with E-state index >= 15 is 0 Å². The first-order valence-electron chi connectivity index (χ1n) is 11.3. The normalized spacial score (nSPS) is 21.2. The Kier molecular flexibility index (Phi) is 7.41. The van der Waals surface area contributed by atoms with Crippen LogP contribution in [0.4, 0.5) is 13.2 Å². The van der Waals surface area contributed by atoms with Crippen molar-refractivity contribution in [3.8, 4) is 0 Å². The number of benzene rings is 1. The zero-order chi connectivity index (χ0) is 25.2. The maximum Gasteiger partial charge on any atom is 0.416 e. The van der Waals surface area contributed by atoms with Crippen molar-refractivity contribution >= 4 is 29.1 Å². The number of hydrogen-bond donors (Lipinski definition) is 3. The number of nitrogens with one attached hydrogen (secondary N) is 2. The molecule has 12 heteroatoms. The average Bonchev–Trinajstić information content (AvgIpc) is 3.30. The number of amides is 2. The van der Waals surface area contributed by atoms with Crippen molar-refractivity contribution in [3.05, 3.63) is 51.5 Å². The average molecular weight is 511 g/mol. The number of thiazole rings is 1. The van der Waals surface area contributed by atoms with E-state index < -0.39 is 29.5 Å². The number of hydrogen-bond acceptors (Lipinski definition) is 6. The molecule has 2 fully saturated rings. The summed E-state index contributed by atoms with van der Waals surface area (Å²) < 4.78 is 38.4. The number of aromatic carboxylic acids is 1. The minimum Gasteiger partial charge on any atom is -0.476 e. The molecule has 0 unspecified atom stereocenters. The summed E-state index contributed by atoms with van der Waals surface area (Å²) >= 11 is 1.24. The quantitative estimate of drug-likeness (QED) is 0.528. The van der Waals surface area contributed by atoms with Crippen LogP contribution in [0.25, 0.3) is 0 Å². The Morgan fingerprint density at radius 1 is 1.14 bits per heavy atom. The van der Waals surface area contributed by atoms with Crippen LogP contribution in [0.5, 0.6) is 0 Å². The van der Waals surface area contributed by atoms with Gasteiger partial charge in [0.05, 0.1) is 18.2 Å². The smallest absolute Gasteiger partial charge is 0.416 e. The Balaban J connectivity index is 1.16. The monoisotopic (exact) mass is 510 g/mol. The highest BCUT2D eigenvalue weighted by Crippen LogP contribution is 2.38. The second-order valence-corrected chi connectivity index (χ2v) is 9.92. The van der Waals surface area contributed by atoms with Gasteiger partial charge in [0.25, 0.3) is 5.91 Å². The van der Waals surface area contributed by atoms with Crippen molar-refractivity contribution in [1.82, 2.24) is 20.5 Å². The zero-order valence-electron chi connectivity index (χ0n) is 18.7. The summed E-state index contributed by atoms with van der Waals surface area (Å²) in [5, 5.41) is 14.4. The number of halogens is 3. The SMILES string of the molecule is O=C(CNC(=O)c1cccc(C(F)(F)F)c1)NC1CN(C2CCC(c3cnc(C(=O)O)s3)CC2)C1. The molecular weight excluding hydrogens is 485 g/mol. The van der Waals surface area contributed by atoms with Crippen LogP contribution in [-0.4, -0.2) is 64.5 Å². The summed E-state index contributed by atoms with van der Waals surface area (Å²) in [7, 11) is 0. The number of carbonyl (C=O) groups is 3. The van der Waals surface area contributed by atoms with E-state index in [4.69, 9.17) is 5.11 Å². The first-order chi connectivity index (χ1) is 16.6. The second-order valence-electron chi connectivity index (χ2n) is 8.86. The molecule has 0 bridgehead atoms. The molecular formula is C23H25F3N4O4S. The molecule has 1 aliphatic heterocycles. The van der Waals surface area contributed by atoms with Crippen molar-refractivity contribution in [1.29, 1.82) is 0 Å². The molecule has 35 heavy (non-hydrogen) atoms. The van der Waals surface area contributed by atoms with Gasteiger partial charge >= 0.3 is 12.1 Å². The van der Waals surface area contributed by atoms with Crippen LogP contribution in [0.15, 0.2) is 30.5 Å². The molecule has 2 aromatic rings. The van der Waals surface area contributed by atoms with Crippen molar-refractivity contribution in [3.63, 3.8) is 0 Å². The van der Waals surface area contributed by atoms with Crippen molar-refractivity contribution < 1.29 is 32.7 Å². The van der Waals surface area contributed by atoms with Crippen LogP contribution in [0.2, 0.25) is 0 Å². The van der Waals surface area contributed by atoms with Gasteiger partial charge < -0.3 is 15.7 Å². The van der Waals surface area contributed by atoms with Crippen LogP contribution in [-0.2, 0) is 11.0 Å². The number of nitrogens with zero attached hydrogens (tertiary/aromatic N) is 2. The molecule has 1 aliphatic carbocycles. The molecule has 4 rings (SSSR count). The molecule has 1 aromatic heterocycles. The lowest BCUT2D eigenvalue weighted by atomic mass is 9.83. The lowest BCUT2D eigenvalue weighted by Crippen LogP contribution is -2.63. The maximum atomic E-state index is 12.8. The van der Waals surface area contributed by atoms with Crippen molar-refractivity contribution in [2.24, 2.45) is 0 Å². The number of carboxylic acid groups (broad SMARTS) is 1. The van der Waals surface area contributed by atoms with Gasteiger partial charge in [-0.3, -0.25) is 14.5 Å². The molecule has 0 radical (unpaired) electrons. The van der Waals surface area contributed by atoms with E-state index in [-0.39, 0.29) is 23.2 Å². The summed E-state index contributed by atoms with van der Waals surface area (Å²) in [4.78, 5) is 42.6. The highest BCUT2D eigenvalue weighted by molar-refractivity contribution is 7.13. The van der Waals surface area contributed by atoms with Gasteiger partial charge in [-0.25, -0.2) is 9.78 Å². The van der Waals surface area contributed by atoms with Crippen LogP contribution >= 0.6 is 11.3 Å². The summed E-state index contributed by atoms with van der Waals surface area (Å²) in [5.74, 6) is -1.80. The number of alkyl halides is 3. The van der Waals surface area contributed by atoms with Gasteiger partial charge in [0.2, 0.25) is 10.9 Å². The van der Waals surface area contributed by atoms with E-state index in [0.717, 1.165) is 48.8 Å². The zero-order valence-corrected chi connectivity index (χ0v) is 19.5. The lowest BCUT2D eigenvalue weighted by Gasteiger charge is -2.46. The number of carbonyl (C=O) groups excluding carboxylic acids is 2. The Morgan fingerprint density at radius 2 is 1.86 bits per heavy atom. The van der Waals surface area contributed by atoms with Crippen LogP contribution in [0.1, 0.15) is 62.2 Å². The van der Waals surface area contributed by atoms with E-state index in [1.54, 1.807) is 6.20 Å². The number of likely N-dealkylation sites (tertiary alicyclic amines) is 1. The molecule has 188 valence electrons. The molecule has 1 aromatic carbocycles. The summed E-state index contributed by atoms with van der Waals surface area (Å²) in [6.07, 6.45) is 1.01. The number of aromatic nitrogens is 1. The summed E-state index contributed by atoms with van der Waals surface area (Å²) in [6, 6.07) is 4.43. The summed E-state index contributed by atoms with van der Waals surface area (Å²) in [5.41, 5.74) is -1.08. The highest BCUT2D eigenvalue weighted by Gasteiger charge is 2.36. The third-order valence-electron chi connectivity index (χ3n) is 6.46. The molecule has 1 saturated heterocycles. The number of rotatable bonds is 7. The van der Waals surface area contributed by atoms with E-state index in [1.807, 2.05) is 0 Å². The Hall–Kier alpha value is -2.99. The van der Waals surface area contributed by atoms with Crippen LogP contribution in [0, 0.1) is 0 Å². The highest BCUT2D eigenvalue weighted by atomic mass is 32.1. The largest absolute Gasteiger partial charge is 0.476 e. The first-order valence-corrected chi connectivity index (χ1v) is 12.1. The van der Waals surface area contributed by atoms with Gasteiger partial charge in [0, 0.05) is 35.8 Å². The molecule has 2 amide bonds. The predicted molar refractivity (Wildman–Crippen MR) is 121 cm³/mol. The molecule has 3 N–H and O–H groups in total. The molecule has 0 atom stereocenters. The Labute approximate surface area is 203 Å². The van der Waals surface area contributed by atoms with E-state index in [9.17, 15) is 27.6 Å². The third kappa shape index (κ3) is 6.17. The molecule has 2 aliphatic rings. The molecule has 0 spiro atoms. The van der Waals surface area contributed by atoms with E-state index in [0.29, 0.717) is 25.0 Å². The minimum absolute atomic E-state index is 0.0368. The fourth-order valence-electron chi connectivity index (χ4n) is 4.58. The van der Waals surface area contributed by atoms with Gasteiger partial charge in [0.1, 0.15) is 0 Å². The fourth-order valence-corrected chi connectivity index (χ4v) is 5.50. The van der Waals surface area contributed by atoms with Crippen LogP contribution in [0.3, 0.4) is 0 Å². The minimum atomic E-state index is -4.55. The van der Waals surface area contributed by atoms with E-state index in [1.165, 1.54) is 17.4 Å². The molecule has 2 heterocycles. The molecule has 8 nitrogen and oxygen atoms in total. The Bertz CT molecular complexity index is 1090. The maximum absolute atomic E-state index is 12.8. The van der Waals surface area contributed by atoms with E-state index in [2.05, 4.69) is 20.5 Å². The lowest BCUT2D eigenvalue weighted by molar-refractivity contribution is -0.137. The third-order valence-corrected chi connectivity index (χ3v) is 7.61. The first kappa shape index (κ1) is 25.1. The predicted octanol–water partition coefficient (Wildman–Crippen LogP) is 3.12. The Morgan fingerprint density at radius 3 is 2.49 bits per heavy atom. The molecule has 1 saturated carbocycles. The topological polar surface area (TPSA) is 112 Å². The van der Waals surface area contributed by atoms with Crippen LogP contribution < -0.4 is 10.6 Å². The standard InChI is InChI=1S/C23H25F3N4O4S/c24-23(25,26)15-3-1-2-14(8-15)20(32)27-10-19(31)29-16-11-30(12-16)17-6-4-13(5-7-17)18-9-28-21(35-18)22(33)34/h1-3,8-9,13,16-17H,4-7,10-12H2,(H,27,32)(H,29,31)(H,33,34). The van der Waals surface area contributed by atoms with Crippen molar-refractivity contribution in [2.45, 2.75) is 49.9 Å². The van der Waals surface area contributed by atoms with Gasteiger partial charge in [-0.2, -0.15) is 13.2 Å².